The number of nitrogens with zero attached hydrogens (tertiary/aromatic N) is 2. The third-order valence-electron chi connectivity index (χ3n) is 5.56. The molecule has 0 spiro atoms. The Labute approximate surface area is 176 Å². The Balaban J connectivity index is 1.69. The second kappa shape index (κ2) is 7.35. The number of hydrogen-bond donors (Lipinski definition) is 1. The van der Waals surface area contributed by atoms with Crippen LogP contribution in [0.3, 0.4) is 0 Å². The summed E-state index contributed by atoms with van der Waals surface area (Å²) in [6.45, 7) is 3.41. The van der Waals surface area contributed by atoms with Gasteiger partial charge in [-0.2, -0.15) is 0 Å². The number of rotatable bonds is 5. The number of imide groups is 1. The Morgan fingerprint density at radius 1 is 1.10 bits per heavy atom. The van der Waals surface area contributed by atoms with Crippen LogP contribution in [0, 0.1) is 10.1 Å². The summed E-state index contributed by atoms with van der Waals surface area (Å²) in [7, 11) is 0. The van der Waals surface area contributed by atoms with Crippen LogP contribution in [-0.4, -0.2) is 21.8 Å². The van der Waals surface area contributed by atoms with Gasteiger partial charge in [0.15, 0.2) is 0 Å². The molecule has 1 fully saturated rings. The third-order valence-corrected chi connectivity index (χ3v) is 5.56. The zero-order valence-electron chi connectivity index (χ0n) is 16.9. The molecule has 1 aliphatic rings. The van der Waals surface area contributed by atoms with E-state index in [1.54, 1.807) is 19.1 Å². The molecule has 0 bridgehead atoms. The molecule has 4 rings (SSSR count). The summed E-state index contributed by atoms with van der Waals surface area (Å²) in [5, 5.41) is 14.2. The number of benzene rings is 2. The average Bonchev–Trinajstić information content (AvgIpc) is 2.97. The number of urea groups is 1. The number of aryl methyl sites for hydroxylation is 1. The van der Waals surface area contributed by atoms with E-state index in [0.717, 1.165) is 16.9 Å². The highest BCUT2D eigenvalue weighted by atomic mass is 16.6. The van der Waals surface area contributed by atoms with Crippen LogP contribution in [0.25, 0.3) is 11.0 Å². The lowest BCUT2D eigenvalue weighted by Gasteiger charge is -2.22. The number of nitro groups is 1. The van der Waals surface area contributed by atoms with Crippen molar-refractivity contribution in [1.29, 1.82) is 0 Å². The molecule has 1 atom stereocenters. The third kappa shape index (κ3) is 3.43. The SMILES string of the molecule is CCc1ccc2c(CN3C(=O)NC(C)(c4ccc([N+](=O)[O-])cc4)C3=O)cc(=O)oc2c1. The molecule has 0 aliphatic carbocycles. The van der Waals surface area contributed by atoms with E-state index in [2.05, 4.69) is 5.32 Å². The van der Waals surface area contributed by atoms with Crippen molar-refractivity contribution in [2.45, 2.75) is 32.4 Å². The van der Waals surface area contributed by atoms with Crippen molar-refractivity contribution in [2.24, 2.45) is 0 Å². The normalized spacial score (nSPS) is 18.5. The van der Waals surface area contributed by atoms with E-state index in [0.29, 0.717) is 22.1 Å². The summed E-state index contributed by atoms with van der Waals surface area (Å²) in [5.74, 6) is -0.516. The highest BCUT2D eigenvalue weighted by Gasteiger charge is 2.49. The zero-order valence-corrected chi connectivity index (χ0v) is 16.9. The largest absolute Gasteiger partial charge is 0.423 e. The van der Waals surface area contributed by atoms with Gasteiger partial charge in [-0.3, -0.25) is 19.8 Å². The monoisotopic (exact) mass is 421 g/mol. The first-order valence-corrected chi connectivity index (χ1v) is 9.67. The van der Waals surface area contributed by atoms with Crippen LogP contribution >= 0.6 is 0 Å². The van der Waals surface area contributed by atoms with Crippen LogP contribution in [0.2, 0.25) is 0 Å². The summed E-state index contributed by atoms with van der Waals surface area (Å²) in [5.41, 5.74) is 0.238. The van der Waals surface area contributed by atoms with E-state index >= 15 is 0 Å². The molecule has 158 valence electrons. The Kier molecular flexibility index (Phi) is 4.81. The van der Waals surface area contributed by atoms with Crippen LogP contribution in [-0.2, 0) is 23.3 Å². The molecule has 0 radical (unpaired) electrons. The van der Waals surface area contributed by atoms with Gasteiger partial charge in [-0.15, -0.1) is 0 Å². The summed E-state index contributed by atoms with van der Waals surface area (Å²) in [6.07, 6.45) is 0.768. The summed E-state index contributed by atoms with van der Waals surface area (Å²) in [6, 6.07) is 11.6. The standard InChI is InChI=1S/C22H19N3O6/c1-3-13-4-9-17-14(11-19(26)31-18(17)10-13)12-24-20(27)22(2,23-21(24)28)15-5-7-16(8-6-15)25(29)30/h4-11H,3,12H2,1-2H3,(H,23,28). The van der Waals surface area contributed by atoms with E-state index < -0.39 is 28.0 Å². The van der Waals surface area contributed by atoms with Crippen molar-refractivity contribution < 1.29 is 18.9 Å². The molecule has 31 heavy (non-hydrogen) atoms. The molecule has 3 aromatic rings. The van der Waals surface area contributed by atoms with Gasteiger partial charge in [-0.25, -0.2) is 9.59 Å². The highest BCUT2D eigenvalue weighted by molar-refractivity contribution is 6.07. The molecule has 1 aliphatic heterocycles. The van der Waals surface area contributed by atoms with Gasteiger partial charge >= 0.3 is 11.7 Å². The number of non-ortho nitro benzene ring substituents is 1. The Bertz CT molecular complexity index is 1280. The van der Waals surface area contributed by atoms with E-state index in [-0.39, 0.29) is 12.2 Å². The Morgan fingerprint density at radius 2 is 1.81 bits per heavy atom. The second-order valence-electron chi connectivity index (χ2n) is 7.53. The second-order valence-corrected chi connectivity index (χ2v) is 7.53. The Hall–Kier alpha value is -4.01. The Morgan fingerprint density at radius 3 is 2.45 bits per heavy atom. The first-order valence-electron chi connectivity index (χ1n) is 9.67. The molecule has 1 saturated heterocycles. The molecule has 1 aromatic heterocycles. The van der Waals surface area contributed by atoms with Crippen LogP contribution < -0.4 is 10.9 Å². The fourth-order valence-electron chi connectivity index (χ4n) is 3.75. The van der Waals surface area contributed by atoms with Gasteiger partial charge in [0, 0.05) is 23.6 Å². The molecule has 3 amide bonds. The highest BCUT2D eigenvalue weighted by Crippen LogP contribution is 2.31. The van der Waals surface area contributed by atoms with Crippen molar-refractivity contribution in [3.05, 3.63) is 85.8 Å². The predicted molar refractivity (Wildman–Crippen MR) is 111 cm³/mol. The van der Waals surface area contributed by atoms with Crippen LogP contribution in [0.5, 0.6) is 0 Å². The lowest BCUT2D eigenvalue weighted by atomic mass is 9.92. The first kappa shape index (κ1) is 20.3. The van der Waals surface area contributed by atoms with E-state index in [9.17, 15) is 24.5 Å². The maximum Gasteiger partial charge on any atom is 0.336 e. The number of fused-ring (bicyclic) bond motifs is 1. The van der Waals surface area contributed by atoms with E-state index in [4.69, 9.17) is 4.42 Å². The number of carbonyl (C=O) groups excluding carboxylic acids is 2. The van der Waals surface area contributed by atoms with Gasteiger partial charge in [-0.05, 0) is 48.2 Å². The maximum atomic E-state index is 13.2. The van der Waals surface area contributed by atoms with Gasteiger partial charge < -0.3 is 9.73 Å². The van der Waals surface area contributed by atoms with Gasteiger partial charge in [0.05, 0.1) is 11.5 Å². The first-order chi connectivity index (χ1) is 14.7. The minimum Gasteiger partial charge on any atom is -0.423 e. The van der Waals surface area contributed by atoms with Gasteiger partial charge in [0.1, 0.15) is 11.1 Å². The number of carbonyl (C=O) groups is 2. The molecule has 2 aromatic carbocycles. The summed E-state index contributed by atoms with van der Waals surface area (Å²) in [4.78, 5) is 49.3. The maximum absolute atomic E-state index is 13.2. The number of amides is 3. The number of nitro benzene ring substituents is 1. The average molecular weight is 421 g/mol. The van der Waals surface area contributed by atoms with Crippen molar-refractivity contribution >= 4 is 28.6 Å². The molecule has 2 heterocycles. The lowest BCUT2D eigenvalue weighted by molar-refractivity contribution is -0.384. The van der Waals surface area contributed by atoms with Gasteiger partial charge in [0.25, 0.3) is 11.6 Å². The molecule has 9 heteroatoms. The smallest absolute Gasteiger partial charge is 0.336 e. The molecular weight excluding hydrogens is 402 g/mol. The van der Waals surface area contributed by atoms with Gasteiger partial charge in [0.2, 0.25) is 0 Å². The van der Waals surface area contributed by atoms with Crippen molar-refractivity contribution in [1.82, 2.24) is 10.2 Å². The van der Waals surface area contributed by atoms with Crippen molar-refractivity contribution in [3.8, 4) is 0 Å². The lowest BCUT2D eigenvalue weighted by Crippen LogP contribution is -2.40. The molecule has 0 saturated carbocycles. The van der Waals surface area contributed by atoms with Crippen LogP contribution in [0.4, 0.5) is 10.5 Å². The quantitative estimate of drug-likeness (QED) is 0.292. The molecular formula is C22H19N3O6. The molecule has 1 unspecified atom stereocenters. The number of hydrogen-bond acceptors (Lipinski definition) is 6. The summed E-state index contributed by atoms with van der Waals surface area (Å²) < 4.78 is 5.29. The zero-order chi connectivity index (χ0) is 22.3. The topological polar surface area (TPSA) is 123 Å². The fraction of sp³-hybridized carbons (Fsp3) is 0.227. The van der Waals surface area contributed by atoms with E-state index in [1.807, 2.05) is 13.0 Å². The number of nitrogens with one attached hydrogen (secondary N) is 1. The van der Waals surface area contributed by atoms with Crippen molar-refractivity contribution in [3.63, 3.8) is 0 Å². The van der Waals surface area contributed by atoms with Crippen LogP contribution in [0.1, 0.15) is 30.5 Å². The minimum atomic E-state index is -1.38. The van der Waals surface area contributed by atoms with Crippen LogP contribution in [0.15, 0.2) is 57.7 Å². The molecule has 1 N–H and O–H groups in total. The summed E-state index contributed by atoms with van der Waals surface area (Å²) >= 11 is 0. The predicted octanol–water partition coefficient (Wildman–Crippen LogP) is 3.23. The van der Waals surface area contributed by atoms with E-state index in [1.165, 1.54) is 30.3 Å². The van der Waals surface area contributed by atoms with Gasteiger partial charge in [-0.1, -0.05) is 19.1 Å². The molecule has 9 nitrogen and oxygen atoms in total. The minimum absolute atomic E-state index is 0.110. The van der Waals surface area contributed by atoms with Crippen molar-refractivity contribution in [2.75, 3.05) is 0 Å². The fourth-order valence-corrected chi connectivity index (χ4v) is 3.75.